The first-order valence-electron chi connectivity index (χ1n) is 6.24. The molecule has 1 saturated carbocycles. The highest BCUT2D eigenvalue weighted by Gasteiger charge is 2.31. The highest BCUT2D eigenvalue weighted by molar-refractivity contribution is 9.10. The Morgan fingerprint density at radius 3 is 2.39 bits per heavy atom. The molecule has 3 nitrogen and oxygen atoms in total. The van der Waals surface area contributed by atoms with Crippen LogP contribution in [0.5, 0.6) is 11.5 Å². The van der Waals surface area contributed by atoms with Crippen LogP contribution in [-0.2, 0) is 4.79 Å². The number of rotatable bonds is 3. The Morgan fingerprint density at radius 2 is 1.78 bits per heavy atom. The van der Waals surface area contributed by atoms with Crippen molar-refractivity contribution in [1.29, 1.82) is 0 Å². The second-order valence-corrected chi connectivity index (χ2v) is 6.03. The van der Waals surface area contributed by atoms with Gasteiger partial charge in [-0.05, 0) is 53.7 Å². The summed E-state index contributed by atoms with van der Waals surface area (Å²) in [5.74, 6) is 0.763. The number of carbonyl (C=O) groups is 1. The molecule has 98 valence electrons. The molecule has 1 fully saturated rings. The van der Waals surface area contributed by atoms with Crippen molar-refractivity contribution < 1.29 is 14.3 Å². The van der Waals surface area contributed by atoms with E-state index < -0.39 is 0 Å². The fraction of sp³-hybridized carbons (Fsp3) is 0.500. The van der Waals surface area contributed by atoms with E-state index in [0.29, 0.717) is 11.5 Å². The van der Waals surface area contributed by atoms with E-state index in [4.69, 9.17) is 9.47 Å². The number of benzene rings is 1. The lowest BCUT2D eigenvalue weighted by atomic mass is 9.97. The van der Waals surface area contributed by atoms with Crippen LogP contribution in [0.1, 0.15) is 39.0 Å². The maximum absolute atomic E-state index is 11.0. The molecule has 0 saturated heterocycles. The lowest BCUT2D eigenvalue weighted by Gasteiger charge is -2.32. The van der Waals surface area contributed by atoms with E-state index in [-0.39, 0.29) is 10.5 Å². The highest BCUT2D eigenvalue weighted by Crippen LogP contribution is 2.40. The zero-order valence-corrected chi connectivity index (χ0v) is 12.0. The molecule has 0 aromatic heterocycles. The molecule has 1 aromatic rings. The summed E-state index contributed by atoms with van der Waals surface area (Å²) in [6, 6.07) is 7.28. The SMILES string of the molecule is CC(=O)Oc1ccccc1OC1(Br)CCCCC1. The first kappa shape index (κ1) is 13.4. The number of carbonyl (C=O) groups excluding carboxylic acids is 1. The van der Waals surface area contributed by atoms with Gasteiger partial charge in [0.1, 0.15) is 0 Å². The standard InChI is InChI=1S/C14H17BrO3/c1-11(16)17-12-7-3-4-8-13(12)18-14(15)9-5-2-6-10-14/h3-4,7-8H,2,5-6,9-10H2,1H3. The summed E-state index contributed by atoms with van der Waals surface area (Å²) in [6.07, 6.45) is 5.51. The molecule has 4 heteroatoms. The minimum absolute atomic E-state index is 0.318. The van der Waals surface area contributed by atoms with Crippen LogP contribution in [0.4, 0.5) is 0 Å². The van der Waals surface area contributed by atoms with Crippen LogP contribution in [0.2, 0.25) is 0 Å². The van der Waals surface area contributed by atoms with Crippen molar-refractivity contribution in [2.24, 2.45) is 0 Å². The first-order valence-corrected chi connectivity index (χ1v) is 7.04. The van der Waals surface area contributed by atoms with Gasteiger partial charge in [0.15, 0.2) is 16.0 Å². The van der Waals surface area contributed by atoms with Gasteiger partial charge in [-0.15, -0.1) is 0 Å². The van der Waals surface area contributed by atoms with Crippen molar-refractivity contribution >= 4 is 21.9 Å². The Bertz CT molecular complexity index is 425. The molecule has 18 heavy (non-hydrogen) atoms. The van der Waals surface area contributed by atoms with Gasteiger partial charge in [-0.1, -0.05) is 18.6 Å². The lowest BCUT2D eigenvalue weighted by Crippen LogP contribution is -2.31. The molecular formula is C14H17BrO3. The molecule has 1 aliphatic carbocycles. The van der Waals surface area contributed by atoms with Crippen molar-refractivity contribution in [3.63, 3.8) is 0 Å². The zero-order chi connectivity index (χ0) is 13.0. The van der Waals surface area contributed by atoms with Crippen molar-refractivity contribution in [3.8, 4) is 11.5 Å². The van der Waals surface area contributed by atoms with Crippen LogP contribution in [0, 0.1) is 0 Å². The number of para-hydroxylation sites is 2. The van der Waals surface area contributed by atoms with Gasteiger partial charge >= 0.3 is 5.97 Å². The second-order valence-electron chi connectivity index (χ2n) is 4.59. The predicted octanol–water partition coefficient (Wildman–Crippen LogP) is 4.05. The Hall–Kier alpha value is -1.03. The van der Waals surface area contributed by atoms with Gasteiger partial charge in [0.05, 0.1) is 0 Å². The third-order valence-corrected chi connectivity index (χ3v) is 3.95. The van der Waals surface area contributed by atoms with Gasteiger partial charge < -0.3 is 9.47 Å². The average molecular weight is 313 g/mol. The van der Waals surface area contributed by atoms with Gasteiger partial charge in [0.25, 0.3) is 0 Å². The van der Waals surface area contributed by atoms with E-state index in [0.717, 1.165) is 25.7 Å². The van der Waals surface area contributed by atoms with E-state index in [1.165, 1.54) is 13.3 Å². The van der Waals surface area contributed by atoms with Gasteiger partial charge in [0, 0.05) is 6.92 Å². The predicted molar refractivity (Wildman–Crippen MR) is 73.1 cm³/mol. The first-order chi connectivity index (χ1) is 8.59. The maximum Gasteiger partial charge on any atom is 0.308 e. The van der Waals surface area contributed by atoms with Crippen LogP contribution in [0.25, 0.3) is 0 Å². The smallest absolute Gasteiger partial charge is 0.308 e. The monoisotopic (exact) mass is 312 g/mol. The van der Waals surface area contributed by atoms with Crippen LogP contribution in [0.15, 0.2) is 24.3 Å². The fourth-order valence-corrected chi connectivity index (χ4v) is 2.89. The van der Waals surface area contributed by atoms with Gasteiger partial charge in [0.2, 0.25) is 0 Å². The number of hydrogen-bond acceptors (Lipinski definition) is 3. The van der Waals surface area contributed by atoms with E-state index in [9.17, 15) is 4.79 Å². The maximum atomic E-state index is 11.0. The molecule has 0 unspecified atom stereocenters. The van der Waals surface area contributed by atoms with E-state index in [1.54, 1.807) is 6.07 Å². The number of alkyl halides is 1. The van der Waals surface area contributed by atoms with Crippen LogP contribution in [-0.4, -0.2) is 10.5 Å². The zero-order valence-electron chi connectivity index (χ0n) is 10.4. The van der Waals surface area contributed by atoms with Crippen LogP contribution < -0.4 is 9.47 Å². The largest absolute Gasteiger partial charge is 0.472 e. The van der Waals surface area contributed by atoms with Crippen molar-refractivity contribution in [2.75, 3.05) is 0 Å². The summed E-state index contributed by atoms with van der Waals surface area (Å²) in [5.41, 5.74) is 0. The molecule has 1 aromatic carbocycles. The summed E-state index contributed by atoms with van der Waals surface area (Å²) in [7, 11) is 0. The summed E-state index contributed by atoms with van der Waals surface area (Å²) >= 11 is 3.67. The van der Waals surface area contributed by atoms with Crippen LogP contribution >= 0.6 is 15.9 Å². The van der Waals surface area contributed by atoms with E-state index in [1.807, 2.05) is 18.2 Å². The summed E-state index contributed by atoms with van der Waals surface area (Å²) in [4.78, 5) is 11.0. The number of halogens is 1. The average Bonchev–Trinajstić information content (AvgIpc) is 2.32. The van der Waals surface area contributed by atoms with E-state index in [2.05, 4.69) is 15.9 Å². The second kappa shape index (κ2) is 5.74. The molecule has 0 aliphatic heterocycles. The highest BCUT2D eigenvalue weighted by atomic mass is 79.9. The van der Waals surface area contributed by atoms with E-state index >= 15 is 0 Å². The number of ether oxygens (including phenoxy) is 2. The summed E-state index contributed by atoms with van der Waals surface area (Å²) in [6.45, 7) is 1.39. The normalized spacial score (nSPS) is 18.1. The third kappa shape index (κ3) is 3.48. The molecule has 0 radical (unpaired) electrons. The Balaban J connectivity index is 2.14. The van der Waals surface area contributed by atoms with Gasteiger partial charge in [-0.3, -0.25) is 4.79 Å². The molecule has 1 aliphatic rings. The lowest BCUT2D eigenvalue weighted by molar-refractivity contribution is -0.132. The Kier molecular flexibility index (Phi) is 4.27. The van der Waals surface area contributed by atoms with Crippen molar-refractivity contribution in [1.82, 2.24) is 0 Å². The molecule has 0 atom stereocenters. The summed E-state index contributed by atoms with van der Waals surface area (Å²) in [5, 5.41) is 0. The molecule has 0 bridgehead atoms. The number of esters is 1. The molecule has 0 heterocycles. The molecule has 0 spiro atoms. The van der Waals surface area contributed by atoms with Gasteiger partial charge in [-0.2, -0.15) is 0 Å². The van der Waals surface area contributed by atoms with Crippen molar-refractivity contribution in [3.05, 3.63) is 24.3 Å². The third-order valence-electron chi connectivity index (χ3n) is 3.00. The molecule has 0 amide bonds. The minimum atomic E-state index is -0.335. The quantitative estimate of drug-likeness (QED) is 0.480. The number of hydrogen-bond donors (Lipinski definition) is 0. The van der Waals surface area contributed by atoms with Gasteiger partial charge in [-0.25, -0.2) is 0 Å². The topological polar surface area (TPSA) is 35.5 Å². The molecule has 2 rings (SSSR count). The fourth-order valence-electron chi connectivity index (χ4n) is 2.15. The minimum Gasteiger partial charge on any atom is -0.472 e. The summed E-state index contributed by atoms with van der Waals surface area (Å²) < 4.78 is 10.8. The molecular weight excluding hydrogens is 296 g/mol. The molecule has 0 N–H and O–H groups in total. The Labute approximate surface area is 116 Å². The van der Waals surface area contributed by atoms with Crippen molar-refractivity contribution in [2.45, 2.75) is 43.5 Å². The van der Waals surface area contributed by atoms with Crippen LogP contribution in [0.3, 0.4) is 0 Å². The Morgan fingerprint density at radius 1 is 1.17 bits per heavy atom.